The standard InChI is InChI=1S/C15H26O/c1-11-6-9-14(15(3,4)5)10-13(11)8-7-12(2)16/h13-14H,1,6-10H2,2-5H3/t13-,14-/m1/s1. The summed E-state index contributed by atoms with van der Waals surface area (Å²) in [5.74, 6) is 1.68. The van der Waals surface area contributed by atoms with E-state index in [0.29, 0.717) is 17.1 Å². The third-order valence-electron chi connectivity index (χ3n) is 4.03. The predicted octanol–water partition coefficient (Wildman–Crippen LogP) is 4.37. The molecule has 0 bridgehead atoms. The van der Waals surface area contributed by atoms with Crippen LogP contribution in [0, 0.1) is 17.3 Å². The lowest BCUT2D eigenvalue weighted by Crippen LogP contribution is -2.28. The summed E-state index contributed by atoms with van der Waals surface area (Å²) in [6, 6.07) is 0. The molecule has 2 atom stereocenters. The fourth-order valence-electron chi connectivity index (χ4n) is 2.68. The van der Waals surface area contributed by atoms with Crippen molar-refractivity contribution in [1.82, 2.24) is 0 Å². The quantitative estimate of drug-likeness (QED) is 0.648. The Morgan fingerprint density at radius 1 is 1.44 bits per heavy atom. The second-order valence-electron chi connectivity index (χ2n) is 6.43. The van der Waals surface area contributed by atoms with Crippen LogP contribution < -0.4 is 0 Å². The minimum Gasteiger partial charge on any atom is -0.300 e. The van der Waals surface area contributed by atoms with Gasteiger partial charge in [-0.3, -0.25) is 0 Å². The van der Waals surface area contributed by atoms with Gasteiger partial charge < -0.3 is 4.79 Å². The fraction of sp³-hybridized carbons (Fsp3) is 0.800. The number of Topliss-reactive ketones (excluding diaryl/α,β-unsaturated/α-hetero) is 1. The van der Waals surface area contributed by atoms with Crippen molar-refractivity contribution in [3.8, 4) is 0 Å². The number of hydrogen-bond donors (Lipinski definition) is 0. The van der Waals surface area contributed by atoms with Gasteiger partial charge in [0.1, 0.15) is 5.78 Å². The average Bonchev–Trinajstić information content (AvgIpc) is 2.14. The van der Waals surface area contributed by atoms with Crippen molar-refractivity contribution in [2.24, 2.45) is 17.3 Å². The van der Waals surface area contributed by atoms with E-state index in [9.17, 15) is 4.79 Å². The third kappa shape index (κ3) is 3.77. The van der Waals surface area contributed by atoms with Crippen LogP contribution in [0.1, 0.15) is 59.8 Å². The van der Waals surface area contributed by atoms with E-state index in [1.54, 1.807) is 6.92 Å². The van der Waals surface area contributed by atoms with Crippen LogP contribution in [0.4, 0.5) is 0 Å². The molecule has 1 rings (SSSR count). The van der Waals surface area contributed by atoms with Gasteiger partial charge in [-0.2, -0.15) is 0 Å². The summed E-state index contributed by atoms with van der Waals surface area (Å²) in [6.45, 7) is 12.8. The van der Waals surface area contributed by atoms with Crippen LogP contribution in [0.3, 0.4) is 0 Å². The molecule has 1 saturated carbocycles. The molecule has 0 amide bonds. The maximum Gasteiger partial charge on any atom is 0.129 e. The molecular weight excluding hydrogens is 196 g/mol. The highest BCUT2D eigenvalue weighted by atomic mass is 16.1. The van der Waals surface area contributed by atoms with Crippen LogP contribution in [-0.4, -0.2) is 5.78 Å². The molecule has 1 nitrogen and oxygen atoms in total. The molecule has 0 aromatic carbocycles. The van der Waals surface area contributed by atoms with Gasteiger partial charge in [-0.15, -0.1) is 0 Å². The minimum atomic E-state index is 0.311. The molecule has 92 valence electrons. The van der Waals surface area contributed by atoms with Crippen LogP contribution in [-0.2, 0) is 4.79 Å². The normalized spacial score (nSPS) is 26.9. The van der Waals surface area contributed by atoms with E-state index in [1.165, 1.54) is 18.4 Å². The molecule has 1 aliphatic carbocycles. The third-order valence-corrected chi connectivity index (χ3v) is 4.03. The Bertz CT molecular complexity index is 270. The number of ketones is 1. The number of carbonyl (C=O) groups excluding carboxylic acids is 1. The van der Waals surface area contributed by atoms with Gasteiger partial charge in [0.25, 0.3) is 0 Å². The Hall–Kier alpha value is -0.590. The second kappa shape index (κ2) is 5.16. The molecule has 0 heterocycles. The van der Waals surface area contributed by atoms with Crippen LogP contribution in [0.15, 0.2) is 12.2 Å². The van der Waals surface area contributed by atoms with Crippen molar-refractivity contribution in [1.29, 1.82) is 0 Å². The molecule has 0 aliphatic heterocycles. The van der Waals surface area contributed by atoms with Crippen molar-refractivity contribution in [2.45, 2.75) is 59.8 Å². The molecule has 0 saturated heterocycles. The highest BCUT2D eigenvalue weighted by Crippen LogP contribution is 2.43. The molecule has 1 fully saturated rings. The lowest BCUT2D eigenvalue weighted by molar-refractivity contribution is -0.117. The topological polar surface area (TPSA) is 17.1 Å². The molecule has 1 heteroatoms. The zero-order valence-electron chi connectivity index (χ0n) is 11.3. The molecule has 0 unspecified atom stereocenters. The smallest absolute Gasteiger partial charge is 0.129 e. The van der Waals surface area contributed by atoms with E-state index in [-0.39, 0.29) is 0 Å². The highest BCUT2D eigenvalue weighted by molar-refractivity contribution is 5.75. The van der Waals surface area contributed by atoms with Gasteiger partial charge in [-0.25, -0.2) is 0 Å². The molecule has 1 aliphatic rings. The monoisotopic (exact) mass is 222 g/mol. The summed E-state index contributed by atoms with van der Waals surface area (Å²) >= 11 is 0. The van der Waals surface area contributed by atoms with Crippen molar-refractivity contribution in [2.75, 3.05) is 0 Å². The maximum atomic E-state index is 11.0. The van der Waals surface area contributed by atoms with E-state index < -0.39 is 0 Å². The first-order valence-electron chi connectivity index (χ1n) is 6.48. The molecule has 0 aromatic rings. The van der Waals surface area contributed by atoms with Gasteiger partial charge in [0.15, 0.2) is 0 Å². The van der Waals surface area contributed by atoms with E-state index >= 15 is 0 Å². The van der Waals surface area contributed by atoms with Crippen LogP contribution in [0.25, 0.3) is 0 Å². The summed E-state index contributed by atoms with van der Waals surface area (Å²) in [7, 11) is 0. The van der Waals surface area contributed by atoms with Crippen molar-refractivity contribution < 1.29 is 4.79 Å². The number of rotatable bonds is 3. The van der Waals surface area contributed by atoms with E-state index in [2.05, 4.69) is 27.4 Å². The Kier molecular flexibility index (Phi) is 4.35. The lowest BCUT2D eigenvalue weighted by Gasteiger charge is -2.39. The SMILES string of the molecule is C=C1CC[C@@H](C(C)(C)C)C[C@H]1CCC(C)=O. The Morgan fingerprint density at radius 3 is 2.56 bits per heavy atom. The highest BCUT2D eigenvalue weighted by Gasteiger charge is 2.31. The summed E-state index contributed by atoms with van der Waals surface area (Å²) in [5.41, 5.74) is 1.77. The number of carbonyl (C=O) groups is 1. The van der Waals surface area contributed by atoms with Crippen LogP contribution >= 0.6 is 0 Å². The fourth-order valence-corrected chi connectivity index (χ4v) is 2.68. The summed E-state index contributed by atoms with van der Waals surface area (Å²) in [6.07, 6.45) is 5.40. The van der Waals surface area contributed by atoms with Crippen molar-refractivity contribution in [3.05, 3.63) is 12.2 Å². The van der Waals surface area contributed by atoms with Crippen molar-refractivity contribution >= 4 is 5.78 Å². The molecule has 0 N–H and O–H groups in total. The van der Waals surface area contributed by atoms with Gasteiger partial charge >= 0.3 is 0 Å². The average molecular weight is 222 g/mol. The molecule has 0 radical (unpaired) electrons. The van der Waals surface area contributed by atoms with E-state index in [0.717, 1.165) is 25.2 Å². The summed E-state index contributed by atoms with van der Waals surface area (Å²) in [5, 5.41) is 0. The Labute approximate surface area is 100 Å². The van der Waals surface area contributed by atoms with Gasteiger partial charge in [0.05, 0.1) is 0 Å². The molecular formula is C15H26O. The predicted molar refractivity (Wildman–Crippen MR) is 69.3 cm³/mol. The van der Waals surface area contributed by atoms with Crippen molar-refractivity contribution in [3.63, 3.8) is 0 Å². The molecule has 0 spiro atoms. The lowest BCUT2D eigenvalue weighted by atomic mass is 9.67. The Balaban J connectivity index is 2.55. The molecule has 16 heavy (non-hydrogen) atoms. The molecule has 0 aromatic heterocycles. The first-order chi connectivity index (χ1) is 7.30. The number of hydrogen-bond acceptors (Lipinski definition) is 1. The van der Waals surface area contributed by atoms with Gasteiger partial charge in [0.2, 0.25) is 0 Å². The second-order valence-corrected chi connectivity index (χ2v) is 6.43. The largest absolute Gasteiger partial charge is 0.300 e. The van der Waals surface area contributed by atoms with Gasteiger partial charge in [-0.1, -0.05) is 32.9 Å². The van der Waals surface area contributed by atoms with Gasteiger partial charge in [-0.05, 0) is 49.9 Å². The van der Waals surface area contributed by atoms with Crippen LogP contribution in [0.5, 0.6) is 0 Å². The zero-order valence-corrected chi connectivity index (χ0v) is 11.3. The van der Waals surface area contributed by atoms with E-state index in [1.807, 2.05) is 0 Å². The number of allylic oxidation sites excluding steroid dienone is 1. The minimum absolute atomic E-state index is 0.311. The summed E-state index contributed by atoms with van der Waals surface area (Å²) < 4.78 is 0. The Morgan fingerprint density at radius 2 is 2.06 bits per heavy atom. The zero-order chi connectivity index (χ0) is 12.3. The van der Waals surface area contributed by atoms with Gasteiger partial charge in [0, 0.05) is 6.42 Å². The first-order valence-corrected chi connectivity index (χ1v) is 6.48. The first kappa shape index (κ1) is 13.5. The van der Waals surface area contributed by atoms with Crippen LogP contribution in [0.2, 0.25) is 0 Å². The summed E-state index contributed by atoms with van der Waals surface area (Å²) in [4.78, 5) is 11.0. The maximum absolute atomic E-state index is 11.0. The van der Waals surface area contributed by atoms with E-state index in [4.69, 9.17) is 0 Å².